The molecule has 0 amide bonds. The summed E-state index contributed by atoms with van der Waals surface area (Å²) in [6.45, 7) is 1.64. The molecule has 1 aliphatic heterocycles. The van der Waals surface area contributed by atoms with Crippen LogP contribution in [0.4, 0.5) is 0 Å². The second kappa shape index (κ2) is 7.28. The maximum absolute atomic E-state index is 12.6. The molecule has 2 heterocycles. The fourth-order valence-corrected chi connectivity index (χ4v) is 3.59. The van der Waals surface area contributed by atoms with Crippen molar-refractivity contribution in [2.45, 2.75) is 18.9 Å². The van der Waals surface area contributed by atoms with E-state index in [4.69, 9.17) is 21.7 Å². The number of aromatic hydroxyl groups is 1. The normalized spacial score (nSPS) is 15.9. The molecule has 0 saturated carbocycles. The highest BCUT2D eigenvalue weighted by atomic mass is 32.1. The lowest BCUT2D eigenvalue weighted by molar-refractivity contribution is 0.261. The van der Waals surface area contributed by atoms with Crippen molar-refractivity contribution in [3.05, 3.63) is 44.5 Å². The van der Waals surface area contributed by atoms with Gasteiger partial charge in [-0.3, -0.25) is 14.7 Å². The van der Waals surface area contributed by atoms with Gasteiger partial charge in [0.2, 0.25) is 5.88 Å². The molecule has 0 spiro atoms. The van der Waals surface area contributed by atoms with Gasteiger partial charge in [0.25, 0.3) is 5.56 Å². The fraction of sp³-hybridized carbons (Fsp3) is 0.412. The van der Waals surface area contributed by atoms with Crippen LogP contribution in [0, 0.1) is 4.77 Å². The molecule has 3 rings (SSSR count). The molecule has 1 saturated heterocycles. The SMILES string of the molecule is COc1cccc([C@@H](c2c(O)[nH]c(=S)[nH]c2=O)N2CCCC2)c1OC. The molecule has 2 aromatic rings. The molecular weight excluding hydrogens is 342 g/mol. The molecule has 134 valence electrons. The van der Waals surface area contributed by atoms with E-state index in [0.717, 1.165) is 31.5 Å². The van der Waals surface area contributed by atoms with Crippen LogP contribution in [0.2, 0.25) is 0 Å². The highest BCUT2D eigenvalue weighted by Crippen LogP contribution is 2.41. The number of aromatic amines is 2. The van der Waals surface area contributed by atoms with E-state index < -0.39 is 11.6 Å². The minimum absolute atomic E-state index is 0.0871. The Morgan fingerprint density at radius 2 is 1.92 bits per heavy atom. The lowest BCUT2D eigenvalue weighted by Gasteiger charge is -2.29. The van der Waals surface area contributed by atoms with Crippen LogP contribution in [0.1, 0.15) is 30.0 Å². The highest BCUT2D eigenvalue weighted by molar-refractivity contribution is 7.71. The first-order valence-corrected chi connectivity index (χ1v) is 8.48. The Labute approximate surface area is 150 Å². The van der Waals surface area contributed by atoms with E-state index in [2.05, 4.69) is 14.9 Å². The molecule has 25 heavy (non-hydrogen) atoms. The van der Waals surface area contributed by atoms with Crippen molar-refractivity contribution in [1.82, 2.24) is 14.9 Å². The van der Waals surface area contributed by atoms with E-state index >= 15 is 0 Å². The van der Waals surface area contributed by atoms with Crippen molar-refractivity contribution < 1.29 is 14.6 Å². The number of para-hydroxylation sites is 1. The van der Waals surface area contributed by atoms with Crippen LogP contribution in [-0.4, -0.2) is 47.3 Å². The Kier molecular flexibility index (Phi) is 5.10. The molecule has 8 heteroatoms. The van der Waals surface area contributed by atoms with Crippen molar-refractivity contribution in [2.24, 2.45) is 0 Å². The zero-order valence-corrected chi connectivity index (χ0v) is 15.0. The number of H-pyrrole nitrogens is 2. The van der Waals surface area contributed by atoms with Gasteiger partial charge in [-0.1, -0.05) is 12.1 Å². The van der Waals surface area contributed by atoms with E-state index in [1.165, 1.54) is 0 Å². The Hall–Kier alpha value is -2.32. The van der Waals surface area contributed by atoms with Crippen LogP contribution in [0.25, 0.3) is 0 Å². The predicted octanol–water partition coefficient (Wildman–Crippen LogP) is 2.34. The molecule has 0 bridgehead atoms. The van der Waals surface area contributed by atoms with Gasteiger partial charge in [-0.25, -0.2) is 0 Å². The number of benzene rings is 1. The smallest absolute Gasteiger partial charge is 0.260 e. The summed E-state index contributed by atoms with van der Waals surface area (Å²) in [5.74, 6) is 0.891. The summed E-state index contributed by atoms with van der Waals surface area (Å²) in [5, 5.41) is 10.4. The maximum Gasteiger partial charge on any atom is 0.260 e. The molecule has 7 nitrogen and oxygen atoms in total. The lowest BCUT2D eigenvalue weighted by atomic mass is 9.97. The van der Waals surface area contributed by atoms with Gasteiger partial charge in [0.05, 0.1) is 25.8 Å². The lowest BCUT2D eigenvalue weighted by Crippen LogP contribution is -2.32. The molecule has 3 N–H and O–H groups in total. The van der Waals surface area contributed by atoms with Gasteiger partial charge in [0.15, 0.2) is 16.3 Å². The number of aromatic nitrogens is 2. The average Bonchev–Trinajstić information content (AvgIpc) is 3.11. The van der Waals surface area contributed by atoms with Crippen LogP contribution in [0.3, 0.4) is 0 Å². The second-order valence-corrected chi connectivity index (χ2v) is 6.31. The third kappa shape index (κ3) is 3.27. The molecular formula is C17H21N3O4S. The van der Waals surface area contributed by atoms with Crippen molar-refractivity contribution in [3.8, 4) is 17.4 Å². The van der Waals surface area contributed by atoms with Crippen molar-refractivity contribution in [2.75, 3.05) is 27.3 Å². The topological polar surface area (TPSA) is 90.6 Å². The van der Waals surface area contributed by atoms with Gasteiger partial charge in [0, 0.05) is 5.56 Å². The van der Waals surface area contributed by atoms with Crippen LogP contribution in [0.15, 0.2) is 23.0 Å². The summed E-state index contributed by atoms with van der Waals surface area (Å²) < 4.78 is 11.0. The summed E-state index contributed by atoms with van der Waals surface area (Å²) in [7, 11) is 3.13. The van der Waals surface area contributed by atoms with E-state index in [0.29, 0.717) is 11.5 Å². The number of rotatable bonds is 5. The molecule has 0 radical (unpaired) electrons. The van der Waals surface area contributed by atoms with Crippen LogP contribution < -0.4 is 15.0 Å². The fourth-order valence-electron chi connectivity index (χ4n) is 3.40. The Morgan fingerprint density at radius 3 is 2.52 bits per heavy atom. The zero-order chi connectivity index (χ0) is 18.0. The van der Waals surface area contributed by atoms with Gasteiger partial charge < -0.3 is 19.6 Å². The van der Waals surface area contributed by atoms with Crippen LogP contribution >= 0.6 is 12.2 Å². The van der Waals surface area contributed by atoms with E-state index in [9.17, 15) is 9.90 Å². The monoisotopic (exact) mass is 363 g/mol. The minimum Gasteiger partial charge on any atom is -0.494 e. The quantitative estimate of drug-likeness (QED) is 0.707. The molecule has 1 aromatic carbocycles. The standard InChI is InChI=1S/C17H21N3O4S/c1-23-11-7-5-6-10(14(11)24-2)13(20-8-3-4-9-20)12-15(21)18-17(25)19-16(12)22/h5-7,13H,3-4,8-9H2,1-2H3,(H3,18,19,21,22,25)/t13-/m0/s1. The number of nitrogens with one attached hydrogen (secondary N) is 2. The van der Waals surface area contributed by atoms with E-state index in [1.807, 2.05) is 12.1 Å². The number of hydrogen-bond acceptors (Lipinski definition) is 6. The minimum atomic E-state index is -0.469. The van der Waals surface area contributed by atoms with Gasteiger partial charge in [-0.2, -0.15) is 0 Å². The van der Waals surface area contributed by atoms with Gasteiger partial charge in [-0.05, 0) is 44.2 Å². The van der Waals surface area contributed by atoms with Crippen molar-refractivity contribution >= 4 is 12.2 Å². The first kappa shape index (κ1) is 17.5. The van der Waals surface area contributed by atoms with Crippen LogP contribution in [0.5, 0.6) is 17.4 Å². The van der Waals surface area contributed by atoms with Crippen LogP contribution in [-0.2, 0) is 0 Å². The number of hydrogen-bond donors (Lipinski definition) is 3. The van der Waals surface area contributed by atoms with Crippen molar-refractivity contribution in [1.29, 1.82) is 0 Å². The molecule has 0 aliphatic carbocycles. The zero-order valence-electron chi connectivity index (χ0n) is 14.2. The van der Waals surface area contributed by atoms with E-state index in [1.54, 1.807) is 20.3 Å². The molecule has 1 aliphatic rings. The molecule has 1 aromatic heterocycles. The summed E-state index contributed by atoms with van der Waals surface area (Å²) >= 11 is 4.94. The maximum atomic E-state index is 12.6. The van der Waals surface area contributed by atoms with Gasteiger partial charge >= 0.3 is 0 Å². The predicted molar refractivity (Wildman–Crippen MR) is 96.1 cm³/mol. The summed E-state index contributed by atoms with van der Waals surface area (Å²) in [6, 6.07) is 5.05. The largest absolute Gasteiger partial charge is 0.494 e. The summed E-state index contributed by atoms with van der Waals surface area (Å²) in [5.41, 5.74) is 0.570. The number of ether oxygens (including phenoxy) is 2. The van der Waals surface area contributed by atoms with E-state index in [-0.39, 0.29) is 16.2 Å². The Bertz CT molecular complexity index is 871. The summed E-state index contributed by atoms with van der Waals surface area (Å²) in [6.07, 6.45) is 2.06. The number of nitrogens with zero attached hydrogens (tertiary/aromatic N) is 1. The highest BCUT2D eigenvalue weighted by Gasteiger charge is 2.33. The Balaban J connectivity index is 2.25. The molecule has 1 fully saturated rings. The third-order valence-electron chi connectivity index (χ3n) is 4.47. The number of likely N-dealkylation sites (tertiary alicyclic amines) is 1. The first-order valence-electron chi connectivity index (χ1n) is 8.07. The molecule has 0 unspecified atom stereocenters. The Morgan fingerprint density at radius 1 is 1.20 bits per heavy atom. The first-order chi connectivity index (χ1) is 12.1. The number of methoxy groups -OCH3 is 2. The summed E-state index contributed by atoms with van der Waals surface area (Å²) in [4.78, 5) is 19.9. The molecule has 1 atom stereocenters. The van der Waals surface area contributed by atoms with Gasteiger partial charge in [-0.15, -0.1) is 0 Å². The van der Waals surface area contributed by atoms with Crippen molar-refractivity contribution in [3.63, 3.8) is 0 Å². The second-order valence-electron chi connectivity index (χ2n) is 5.90. The third-order valence-corrected chi connectivity index (χ3v) is 4.67. The average molecular weight is 363 g/mol. The van der Waals surface area contributed by atoms with Gasteiger partial charge in [0.1, 0.15) is 0 Å².